The second-order valence-electron chi connectivity index (χ2n) is 3.88. The average molecular weight is 231 g/mol. The molecule has 0 fully saturated rings. The van der Waals surface area contributed by atoms with Gasteiger partial charge >= 0.3 is 0 Å². The van der Waals surface area contributed by atoms with Crippen molar-refractivity contribution >= 4 is 22.7 Å². The van der Waals surface area contributed by atoms with Gasteiger partial charge in [-0.3, -0.25) is 9.59 Å². The number of nitrogens with two attached hydrogens (primary N) is 1. The summed E-state index contributed by atoms with van der Waals surface area (Å²) >= 11 is 0. The van der Waals surface area contributed by atoms with Gasteiger partial charge in [-0.15, -0.1) is 0 Å². The fourth-order valence-corrected chi connectivity index (χ4v) is 1.54. The summed E-state index contributed by atoms with van der Waals surface area (Å²) in [5, 5.41) is 3.56. The highest BCUT2D eigenvalue weighted by molar-refractivity contribution is 5.99. The molecule has 4 N–H and O–H groups in total. The number of benzene rings is 1. The maximum absolute atomic E-state index is 11.8. The van der Waals surface area contributed by atoms with Crippen LogP contribution < -0.4 is 11.1 Å². The first-order valence-corrected chi connectivity index (χ1v) is 5.25. The highest BCUT2D eigenvalue weighted by atomic mass is 16.2. The molecule has 1 atom stereocenters. The second kappa shape index (κ2) is 4.29. The fraction of sp³-hybridized carbons (Fsp3) is 0.167. The number of nitrogens with one attached hydrogen (secondary N) is 2. The summed E-state index contributed by atoms with van der Waals surface area (Å²) in [7, 11) is 0. The number of rotatable bonds is 3. The van der Waals surface area contributed by atoms with Crippen LogP contribution in [0.25, 0.3) is 10.9 Å². The molecular weight excluding hydrogens is 218 g/mol. The predicted octanol–water partition coefficient (Wildman–Crippen LogP) is 0.772. The Morgan fingerprint density at radius 2 is 2.12 bits per heavy atom. The minimum absolute atomic E-state index is 0.312. The minimum Gasteiger partial charge on any atom is -0.368 e. The van der Waals surface area contributed by atoms with Crippen LogP contribution in [0.1, 0.15) is 17.3 Å². The van der Waals surface area contributed by atoms with Gasteiger partial charge in [-0.1, -0.05) is 6.07 Å². The fourth-order valence-electron chi connectivity index (χ4n) is 1.54. The third kappa shape index (κ3) is 2.28. The molecule has 0 radical (unpaired) electrons. The first-order chi connectivity index (χ1) is 8.08. The molecule has 0 saturated heterocycles. The summed E-state index contributed by atoms with van der Waals surface area (Å²) in [6.45, 7) is 1.55. The van der Waals surface area contributed by atoms with E-state index in [0.29, 0.717) is 5.56 Å². The molecule has 88 valence electrons. The third-order valence-electron chi connectivity index (χ3n) is 2.59. The smallest absolute Gasteiger partial charge is 0.251 e. The highest BCUT2D eigenvalue weighted by Gasteiger charge is 2.13. The molecule has 5 heteroatoms. The van der Waals surface area contributed by atoms with Gasteiger partial charge in [-0.2, -0.15) is 0 Å². The molecule has 2 rings (SSSR count). The van der Waals surface area contributed by atoms with Crippen molar-refractivity contribution in [1.29, 1.82) is 0 Å². The van der Waals surface area contributed by atoms with Crippen molar-refractivity contribution in [3.8, 4) is 0 Å². The number of hydrogen-bond donors (Lipinski definition) is 3. The Morgan fingerprint density at radius 1 is 1.35 bits per heavy atom. The van der Waals surface area contributed by atoms with E-state index in [9.17, 15) is 9.59 Å². The first kappa shape index (κ1) is 11.2. The molecule has 0 bridgehead atoms. The number of hydrogen-bond acceptors (Lipinski definition) is 2. The Labute approximate surface area is 98.0 Å². The summed E-state index contributed by atoms with van der Waals surface area (Å²) in [5.41, 5.74) is 6.45. The monoisotopic (exact) mass is 231 g/mol. The Hall–Kier alpha value is -2.30. The maximum Gasteiger partial charge on any atom is 0.251 e. The molecule has 0 spiro atoms. The molecule has 17 heavy (non-hydrogen) atoms. The van der Waals surface area contributed by atoms with E-state index in [1.807, 2.05) is 12.1 Å². The van der Waals surface area contributed by atoms with Crippen molar-refractivity contribution in [3.05, 3.63) is 36.0 Å². The van der Waals surface area contributed by atoms with E-state index in [0.717, 1.165) is 10.9 Å². The second-order valence-corrected chi connectivity index (χ2v) is 3.88. The van der Waals surface area contributed by atoms with Crippen LogP contribution >= 0.6 is 0 Å². The Balaban J connectivity index is 2.21. The van der Waals surface area contributed by atoms with Gasteiger partial charge in [0.15, 0.2) is 0 Å². The Kier molecular flexibility index (Phi) is 2.82. The summed E-state index contributed by atoms with van der Waals surface area (Å²) in [5.74, 6) is -0.868. The van der Waals surface area contributed by atoms with E-state index in [-0.39, 0.29) is 5.91 Å². The largest absolute Gasteiger partial charge is 0.368 e. The van der Waals surface area contributed by atoms with E-state index in [2.05, 4.69) is 10.3 Å². The van der Waals surface area contributed by atoms with Crippen molar-refractivity contribution in [1.82, 2.24) is 10.3 Å². The van der Waals surface area contributed by atoms with Crippen LogP contribution in [-0.2, 0) is 4.79 Å². The van der Waals surface area contributed by atoms with Crippen LogP contribution in [0.4, 0.5) is 0 Å². The van der Waals surface area contributed by atoms with Crippen molar-refractivity contribution in [2.24, 2.45) is 5.73 Å². The zero-order valence-electron chi connectivity index (χ0n) is 9.36. The van der Waals surface area contributed by atoms with Crippen LogP contribution in [-0.4, -0.2) is 22.8 Å². The van der Waals surface area contributed by atoms with E-state index in [1.165, 1.54) is 0 Å². The van der Waals surface area contributed by atoms with E-state index in [1.54, 1.807) is 25.3 Å². The number of aromatic amines is 1. The predicted molar refractivity (Wildman–Crippen MR) is 64.4 cm³/mol. The quantitative estimate of drug-likeness (QED) is 0.728. The standard InChI is InChI=1S/C12H13N3O2/c1-7(11(13)16)15-12(17)9-3-2-8-4-5-14-10(8)6-9/h2-7,14H,1H3,(H2,13,16)(H,15,17). The lowest BCUT2D eigenvalue weighted by Gasteiger charge is -2.09. The van der Waals surface area contributed by atoms with Crippen molar-refractivity contribution < 1.29 is 9.59 Å². The molecule has 5 nitrogen and oxygen atoms in total. The van der Waals surface area contributed by atoms with Gasteiger partial charge in [0.1, 0.15) is 6.04 Å². The average Bonchev–Trinajstić information content (AvgIpc) is 2.75. The minimum atomic E-state index is -0.679. The molecule has 0 saturated carbocycles. The molecule has 0 aliphatic heterocycles. The lowest BCUT2D eigenvalue weighted by Crippen LogP contribution is -2.42. The number of fused-ring (bicyclic) bond motifs is 1. The topological polar surface area (TPSA) is 88.0 Å². The zero-order valence-corrected chi connectivity index (χ0v) is 9.36. The zero-order chi connectivity index (χ0) is 12.4. The number of primary amides is 1. The van der Waals surface area contributed by atoms with Crippen LogP contribution in [0.2, 0.25) is 0 Å². The van der Waals surface area contributed by atoms with Crippen LogP contribution in [0.3, 0.4) is 0 Å². The summed E-state index contributed by atoms with van der Waals surface area (Å²) < 4.78 is 0. The SMILES string of the molecule is CC(NC(=O)c1ccc2cc[nH]c2c1)C(N)=O. The van der Waals surface area contributed by atoms with Gasteiger partial charge in [0.25, 0.3) is 5.91 Å². The van der Waals surface area contributed by atoms with Gasteiger partial charge in [0.05, 0.1) is 0 Å². The molecule has 2 amide bonds. The lowest BCUT2D eigenvalue weighted by molar-refractivity contribution is -0.119. The highest BCUT2D eigenvalue weighted by Crippen LogP contribution is 2.14. The van der Waals surface area contributed by atoms with E-state index >= 15 is 0 Å². The van der Waals surface area contributed by atoms with Gasteiger partial charge in [-0.05, 0) is 30.5 Å². The maximum atomic E-state index is 11.8. The summed E-state index contributed by atoms with van der Waals surface area (Å²) in [6.07, 6.45) is 1.80. The third-order valence-corrected chi connectivity index (χ3v) is 2.59. The van der Waals surface area contributed by atoms with Crippen LogP contribution in [0.15, 0.2) is 30.5 Å². The van der Waals surface area contributed by atoms with E-state index < -0.39 is 11.9 Å². The van der Waals surface area contributed by atoms with Gasteiger partial charge in [0.2, 0.25) is 5.91 Å². The van der Waals surface area contributed by atoms with Gasteiger partial charge in [-0.25, -0.2) is 0 Å². The summed E-state index contributed by atoms with van der Waals surface area (Å²) in [6, 6.07) is 6.53. The van der Waals surface area contributed by atoms with E-state index in [4.69, 9.17) is 5.73 Å². The normalized spacial score (nSPS) is 12.3. The molecule has 2 aromatic rings. The number of amides is 2. The molecule has 1 unspecified atom stereocenters. The van der Waals surface area contributed by atoms with Gasteiger partial charge < -0.3 is 16.0 Å². The molecule has 0 aliphatic carbocycles. The summed E-state index contributed by atoms with van der Waals surface area (Å²) in [4.78, 5) is 25.7. The van der Waals surface area contributed by atoms with Gasteiger partial charge in [0, 0.05) is 17.3 Å². The first-order valence-electron chi connectivity index (χ1n) is 5.25. The number of carbonyl (C=O) groups excluding carboxylic acids is 2. The Bertz CT molecular complexity index is 574. The molecule has 1 aromatic heterocycles. The van der Waals surface area contributed by atoms with Crippen molar-refractivity contribution in [2.75, 3.05) is 0 Å². The Morgan fingerprint density at radius 3 is 2.82 bits per heavy atom. The van der Waals surface area contributed by atoms with Crippen molar-refractivity contribution in [3.63, 3.8) is 0 Å². The molecule has 1 heterocycles. The molecule has 1 aromatic carbocycles. The molecular formula is C12H13N3O2. The number of carbonyl (C=O) groups is 2. The van der Waals surface area contributed by atoms with Crippen LogP contribution in [0.5, 0.6) is 0 Å². The lowest BCUT2D eigenvalue weighted by atomic mass is 10.1. The number of aromatic nitrogens is 1. The number of H-pyrrole nitrogens is 1. The van der Waals surface area contributed by atoms with Crippen molar-refractivity contribution in [2.45, 2.75) is 13.0 Å². The molecule has 0 aliphatic rings. The van der Waals surface area contributed by atoms with Crippen LogP contribution in [0, 0.1) is 0 Å².